The third-order valence-electron chi connectivity index (χ3n) is 2.63. The number of hydrogen-bond acceptors (Lipinski definition) is 7. The van der Waals surface area contributed by atoms with Crippen molar-refractivity contribution in [1.29, 1.82) is 0 Å². The van der Waals surface area contributed by atoms with Gasteiger partial charge in [-0.05, 0) is 6.92 Å². The number of nitrogens with zero attached hydrogens (tertiary/aromatic N) is 6. The average Bonchev–Trinajstić information content (AvgIpc) is 2.96. The highest BCUT2D eigenvalue weighted by Crippen LogP contribution is 2.12. The molecular weight excluding hydrogens is 296 g/mol. The maximum atomic E-state index is 11.8. The van der Waals surface area contributed by atoms with E-state index in [9.17, 15) is 9.59 Å². The fourth-order valence-corrected chi connectivity index (χ4v) is 2.75. The van der Waals surface area contributed by atoms with Crippen LogP contribution in [0.5, 0.6) is 0 Å². The monoisotopic (exact) mass is 306 g/mol. The summed E-state index contributed by atoms with van der Waals surface area (Å²) in [5.41, 5.74) is 0.777. The Labute approximate surface area is 121 Å². The molecule has 0 amide bonds. The van der Waals surface area contributed by atoms with E-state index in [1.807, 2.05) is 0 Å². The van der Waals surface area contributed by atoms with Crippen LogP contribution in [0.2, 0.25) is 0 Å². The summed E-state index contributed by atoms with van der Waals surface area (Å²) in [6.45, 7) is 2.05. The number of carbonyl (C=O) groups is 1. The molecule has 0 fully saturated rings. The van der Waals surface area contributed by atoms with Gasteiger partial charge in [0.1, 0.15) is 5.01 Å². The SMILES string of the molecule is Cc1cc(=O)n2nc(Cn3cc(CC(=O)O)nn3)sc2n1. The summed E-state index contributed by atoms with van der Waals surface area (Å²) in [6, 6.07) is 1.41. The second-order valence-electron chi connectivity index (χ2n) is 4.40. The van der Waals surface area contributed by atoms with Gasteiger partial charge in [-0.15, -0.1) is 5.10 Å². The maximum absolute atomic E-state index is 11.8. The van der Waals surface area contributed by atoms with Crippen molar-refractivity contribution in [2.45, 2.75) is 19.9 Å². The van der Waals surface area contributed by atoms with Gasteiger partial charge in [-0.25, -0.2) is 9.67 Å². The van der Waals surface area contributed by atoms with Gasteiger partial charge in [-0.1, -0.05) is 16.6 Å². The summed E-state index contributed by atoms with van der Waals surface area (Å²) in [7, 11) is 0. The maximum Gasteiger partial charge on any atom is 0.309 e. The molecule has 0 aliphatic heterocycles. The van der Waals surface area contributed by atoms with Crippen molar-refractivity contribution in [2.75, 3.05) is 0 Å². The number of aromatic nitrogens is 6. The third-order valence-corrected chi connectivity index (χ3v) is 3.52. The zero-order valence-corrected chi connectivity index (χ0v) is 11.7. The Hall–Kier alpha value is -2.62. The van der Waals surface area contributed by atoms with Crippen LogP contribution in [-0.4, -0.2) is 40.7 Å². The second kappa shape index (κ2) is 5.05. The van der Waals surface area contributed by atoms with E-state index in [0.717, 1.165) is 0 Å². The molecule has 0 saturated heterocycles. The molecule has 3 heterocycles. The number of carboxylic acid groups (broad SMARTS) is 1. The van der Waals surface area contributed by atoms with Gasteiger partial charge < -0.3 is 5.11 Å². The van der Waals surface area contributed by atoms with Crippen molar-refractivity contribution in [3.8, 4) is 0 Å². The number of aryl methyl sites for hydroxylation is 1. The minimum Gasteiger partial charge on any atom is -0.481 e. The Balaban J connectivity index is 1.88. The van der Waals surface area contributed by atoms with Gasteiger partial charge in [0, 0.05) is 18.0 Å². The number of hydrogen-bond donors (Lipinski definition) is 1. The Morgan fingerprint density at radius 1 is 1.48 bits per heavy atom. The molecule has 9 nitrogen and oxygen atoms in total. The first-order valence-electron chi connectivity index (χ1n) is 5.98. The van der Waals surface area contributed by atoms with Crippen LogP contribution in [0.4, 0.5) is 0 Å². The Kier molecular flexibility index (Phi) is 3.22. The molecule has 3 aromatic heterocycles. The van der Waals surface area contributed by atoms with E-state index in [2.05, 4.69) is 20.4 Å². The van der Waals surface area contributed by atoms with Gasteiger partial charge in [-0.3, -0.25) is 9.59 Å². The molecule has 0 bridgehead atoms. The summed E-state index contributed by atoms with van der Waals surface area (Å²) in [5, 5.41) is 21.1. The van der Waals surface area contributed by atoms with Crippen LogP contribution in [-0.2, 0) is 17.8 Å². The topological polar surface area (TPSA) is 115 Å². The number of carboxylic acids is 1. The molecule has 0 radical (unpaired) electrons. The van der Waals surface area contributed by atoms with Crippen molar-refractivity contribution in [3.63, 3.8) is 0 Å². The lowest BCUT2D eigenvalue weighted by Gasteiger charge is -1.93. The van der Waals surface area contributed by atoms with Gasteiger partial charge in [0.25, 0.3) is 5.56 Å². The Morgan fingerprint density at radius 3 is 3.05 bits per heavy atom. The van der Waals surface area contributed by atoms with E-state index in [4.69, 9.17) is 5.11 Å². The van der Waals surface area contributed by atoms with Gasteiger partial charge in [0.15, 0.2) is 0 Å². The summed E-state index contributed by atoms with van der Waals surface area (Å²) < 4.78 is 2.72. The van der Waals surface area contributed by atoms with E-state index < -0.39 is 5.97 Å². The molecule has 3 aromatic rings. The largest absolute Gasteiger partial charge is 0.481 e. The van der Waals surface area contributed by atoms with E-state index in [1.165, 1.54) is 26.6 Å². The molecule has 108 valence electrons. The van der Waals surface area contributed by atoms with Crippen LogP contribution in [0.3, 0.4) is 0 Å². The van der Waals surface area contributed by atoms with Gasteiger partial charge in [-0.2, -0.15) is 9.61 Å². The predicted molar refractivity (Wildman–Crippen MR) is 72.3 cm³/mol. The lowest BCUT2D eigenvalue weighted by molar-refractivity contribution is -0.136. The second-order valence-corrected chi connectivity index (χ2v) is 5.44. The van der Waals surface area contributed by atoms with E-state index >= 15 is 0 Å². The minimum absolute atomic E-state index is 0.181. The number of rotatable bonds is 4. The van der Waals surface area contributed by atoms with Crippen LogP contribution in [0, 0.1) is 6.92 Å². The fraction of sp³-hybridized carbons (Fsp3) is 0.273. The normalized spacial score (nSPS) is 11.1. The highest BCUT2D eigenvalue weighted by Gasteiger charge is 2.10. The summed E-state index contributed by atoms with van der Waals surface area (Å²) in [6.07, 6.45) is 1.36. The number of aliphatic carboxylic acids is 1. The molecule has 10 heteroatoms. The highest BCUT2D eigenvalue weighted by molar-refractivity contribution is 7.16. The van der Waals surface area contributed by atoms with Gasteiger partial charge >= 0.3 is 5.97 Å². The Bertz CT molecular complexity index is 880. The zero-order chi connectivity index (χ0) is 15.0. The smallest absolute Gasteiger partial charge is 0.309 e. The fourth-order valence-electron chi connectivity index (χ4n) is 1.81. The molecule has 0 atom stereocenters. The molecule has 3 rings (SSSR count). The first kappa shape index (κ1) is 13.4. The zero-order valence-electron chi connectivity index (χ0n) is 10.9. The van der Waals surface area contributed by atoms with Crippen molar-refractivity contribution in [2.24, 2.45) is 0 Å². The van der Waals surface area contributed by atoms with E-state index in [0.29, 0.717) is 27.9 Å². The molecule has 0 aliphatic rings. The van der Waals surface area contributed by atoms with Crippen molar-refractivity contribution in [3.05, 3.63) is 39.0 Å². The standard InChI is InChI=1S/C11H10N6O3S/c1-6-2-9(18)17-11(12-6)21-8(14-17)5-16-4-7(13-15-16)3-10(19)20/h2,4H,3,5H2,1H3,(H,19,20). The van der Waals surface area contributed by atoms with Gasteiger partial charge in [0.2, 0.25) is 4.96 Å². The molecule has 0 unspecified atom stereocenters. The third kappa shape index (κ3) is 2.79. The van der Waals surface area contributed by atoms with E-state index in [1.54, 1.807) is 13.1 Å². The first-order valence-corrected chi connectivity index (χ1v) is 6.80. The molecule has 0 saturated carbocycles. The lowest BCUT2D eigenvalue weighted by atomic mass is 10.3. The van der Waals surface area contributed by atoms with Gasteiger partial charge in [0.05, 0.1) is 18.7 Å². The Morgan fingerprint density at radius 2 is 2.29 bits per heavy atom. The highest BCUT2D eigenvalue weighted by atomic mass is 32.1. The molecule has 1 N–H and O–H groups in total. The minimum atomic E-state index is -0.965. The molecule has 0 aliphatic carbocycles. The molecule has 0 aromatic carbocycles. The van der Waals surface area contributed by atoms with Crippen LogP contribution in [0.25, 0.3) is 4.96 Å². The first-order chi connectivity index (χ1) is 10.0. The number of fused-ring (bicyclic) bond motifs is 1. The summed E-state index contributed by atoms with van der Waals surface area (Å²) in [4.78, 5) is 27.1. The van der Waals surface area contributed by atoms with Crippen LogP contribution in [0.15, 0.2) is 17.1 Å². The molecular formula is C11H10N6O3S. The predicted octanol–water partition coefficient (Wildman–Crippen LogP) is -0.274. The average molecular weight is 306 g/mol. The lowest BCUT2D eigenvalue weighted by Crippen LogP contribution is -2.14. The van der Waals surface area contributed by atoms with Crippen molar-refractivity contribution in [1.82, 2.24) is 29.6 Å². The summed E-state index contributed by atoms with van der Waals surface area (Å²) in [5.74, 6) is -0.965. The summed E-state index contributed by atoms with van der Waals surface area (Å²) >= 11 is 1.28. The van der Waals surface area contributed by atoms with Crippen molar-refractivity contribution < 1.29 is 9.90 Å². The van der Waals surface area contributed by atoms with Crippen molar-refractivity contribution >= 4 is 22.3 Å². The molecule has 21 heavy (non-hydrogen) atoms. The van der Waals surface area contributed by atoms with Crippen LogP contribution < -0.4 is 5.56 Å². The molecule has 0 spiro atoms. The van der Waals surface area contributed by atoms with Crippen LogP contribution >= 0.6 is 11.3 Å². The van der Waals surface area contributed by atoms with E-state index in [-0.39, 0.29) is 12.0 Å². The quantitative estimate of drug-likeness (QED) is 0.705. The van der Waals surface area contributed by atoms with Crippen LogP contribution in [0.1, 0.15) is 16.4 Å².